The predicted molar refractivity (Wildman–Crippen MR) is 79.1 cm³/mol. The summed E-state index contributed by atoms with van der Waals surface area (Å²) in [7, 11) is 0. The van der Waals surface area contributed by atoms with Crippen LogP contribution in [0.15, 0.2) is 9.95 Å². The Morgan fingerprint density at radius 2 is 2.35 bits per heavy atom. The standard InChI is InChI=1S/C12H12N4O2S2/c1-6-7-10(18)15-12(19-5-3-2-4-13)16-11(7)20-8(6)9(14)17/h2-3,5H2,1H3,(H2,14,17)(H,15,16,18). The monoisotopic (exact) mass is 308 g/mol. The number of fused-ring (bicyclic) bond motifs is 1. The van der Waals surface area contributed by atoms with Gasteiger partial charge < -0.3 is 10.7 Å². The van der Waals surface area contributed by atoms with E-state index in [1.165, 1.54) is 11.8 Å². The van der Waals surface area contributed by atoms with Gasteiger partial charge in [-0.25, -0.2) is 4.98 Å². The van der Waals surface area contributed by atoms with Crippen LogP contribution in [0, 0.1) is 18.3 Å². The van der Waals surface area contributed by atoms with E-state index in [1.54, 1.807) is 6.92 Å². The lowest BCUT2D eigenvalue weighted by Crippen LogP contribution is -2.12. The molecule has 2 rings (SSSR count). The van der Waals surface area contributed by atoms with Crippen LogP contribution in [-0.4, -0.2) is 21.6 Å². The van der Waals surface area contributed by atoms with Crippen molar-refractivity contribution in [2.24, 2.45) is 5.73 Å². The summed E-state index contributed by atoms with van der Waals surface area (Å²) in [6.45, 7) is 1.69. The highest BCUT2D eigenvalue weighted by Crippen LogP contribution is 2.27. The van der Waals surface area contributed by atoms with Crippen molar-refractivity contribution in [1.82, 2.24) is 9.97 Å². The van der Waals surface area contributed by atoms with E-state index in [4.69, 9.17) is 11.0 Å². The molecule has 0 unspecified atom stereocenters. The van der Waals surface area contributed by atoms with Gasteiger partial charge in [0.25, 0.3) is 11.5 Å². The van der Waals surface area contributed by atoms with Crippen molar-refractivity contribution in [3.63, 3.8) is 0 Å². The number of nitrogens with zero attached hydrogens (tertiary/aromatic N) is 2. The van der Waals surface area contributed by atoms with Crippen molar-refractivity contribution in [2.75, 3.05) is 5.75 Å². The van der Waals surface area contributed by atoms with Crippen molar-refractivity contribution in [2.45, 2.75) is 24.9 Å². The molecule has 0 aliphatic rings. The van der Waals surface area contributed by atoms with Gasteiger partial charge in [0.2, 0.25) is 0 Å². The lowest BCUT2D eigenvalue weighted by Gasteiger charge is -1.99. The number of rotatable bonds is 5. The zero-order chi connectivity index (χ0) is 14.7. The summed E-state index contributed by atoms with van der Waals surface area (Å²) < 4.78 is 0. The smallest absolute Gasteiger partial charge is 0.260 e. The molecule has 6 nitrogen and oxygen atoms in total. The summed E-state index contributed by atoms with van der Waals surface area (Å²) in [5.74, 6) is 0.155. The number of thioether (sulfide) groups is 1. The summed E-state index contributed by atoms with van der Waals surface area (Å²) in [5.41, 5.74) is 5.59. The number of amides is 1. The fourth-order valence-electron chi connectivity index (χ4n) is 1.75. The van der Waals surface area contributed by atoms with Crippen LogP contribution >= 0.6 is 23.1 Å². The number of hydrogen-bond donors (Lipinski definition) is 2. The molecule has 2 aromatic rings. The van der Waals surface area contributed by atoms with Gasteiger partial charge in [0.05, 0.1) is 16.3 Å². The Morgan fingerprint density at radius 1 is 1.60 bits per heavy atom. The van der Waals surface area contributed by atoms with Crippen LogP contribution in [-0.2, 0) is 0 Å². The lowest BCUT2D eigenvalue weighted by molar-refractivity contribution is 0.100. The number of nitrogens with one attached hydrogen (secondary N) is 1. The van der Waals surface area contributed by atoms with Crippen molar-refractivity contribution in [3.05, 3.63) is 20.8 Å². The predicted octanol–water partition coefficient (Wildman–Crippen LogP) is 1.79. The lowest BCUT2D eigenvalue weighted by atomic mass is 10.2. The highest BCUT2D eigenvalue weighted by atomic mass is 32.2. The van der Waals surface area contributed by atoms with Crippen molar-refractivity contribution < 1.29 is 4.79 Å². The summed E-state index contributed by atoms with van der Waals surface area (Å²) in [5, 5.41) is 9.38. The maximum absolute atomic E-state index is 12.0. The van der Waals surface area contributed by atoms with Gasteiger partial charge >= 0.3 is 0 Å². The first-order valence-electron chi connectivity index (χ1n) is 5.87. The number of nitrogens with two attached hydrogens (primary N) is 1. The molecule has 0 radical (unpaired) electrons. The molecule has 1 amide bonds. The molecule has 0 atom stereocenters. The Kier molecular flexibility index (Phi) is 4.42. The van der Waals surface area contributed by atoms with Crippen LogP contribution in [0.4, 0.5) is 0 Å². The number of primary amides is 1. The molecule has 0 bridgehead atoms. The zero-order valence-electron chi connectivity index (χ0n) is 10.7. The summed E-state index contributed by atoms with van der Waals surface area (Å²) in [4.78, 5) is 31.2. The third-order valence-electron chi connectivity index (χ3n) is 2.67. The minimum absolute atomic E-state index is 0.265. The number of carbonyl (C=O) groups excluding carboxylic acids is 1. The SMILES string of the molecule is Cc1c(C(N)=O)sc2nc(SCCCC#N)[nH]c(=O)c12. The highest BCUT2D eigenvalue weighted by molar-refractivity contribution is 7.99. The van der Waals surface area contributed by atoms with E-state index in [0.717, 1.165) is 17.8 Å². The fraction of sp³-hybridized carbons (Fsp3) is 0.333. The van der Waals surface area contributed by atoms with E-state index in [-0.39, 0.29) is 5.56 Å². The quantitative estimate of drug-likeness (QED) is 0.496. The van der Waals surface area contributed by atoms with Gasteiger partial charge in [-0.2, -0.15) is 5.26 Å². The van der Waals surface area contributed by atoms with Crippen molar-refractivity contribution in [1.29, 1.82) is 5.26 Å². The first kappa shape index (κ1) is 14.6. The molecule has 0 spiro atoms. The molecule has 2 heterocycles. The average Bonchev–Trinajstić information content (AvgIpc) is 2.73. The van der Waals surface area contributed by atoms with E-state index in [2.05, 4.69) is 16.0 Å². The van der Waals surface area contributed by atoms with Gasteiger partial charge in [0.1, 0.15) is 4.83 Å². The molecule has 3 N–H and O–H groups in total. The molecule has 0 saturated carbocycles. The number of thiophene rings is 1. The second kappa shape index (κ2) is 6.07. The minimum Gasteiger partial charge on any atom is -0.365 e. The Labute approximate surface area is 123 Å². The van der Waals surface area contributed by atoms with Crippen LogP contribution < -0.4 is 11.3 Å². The molecular formula is C12H12N4O2S2. The number of nitriles is 1. The summed E-state index contributed by atoms with van der Waals surface area (Å²) in [6, 6.07) is 2.06. The van der Waals surface area contributed by atoms with Gasteiger partial charge in [-0.1, -0.05) is 11.8 Å². The maximum atomic E-state index is 12.0. The van der Waals surface area contributed by atoms with Crippen LogP contribution in [0.2, 0.25) is 0 Å². The fourth-order valence-corrected chi connectivity index (χ4v) is 3.64. The highest BCUT2D eigenvalue weighted by Gasteiger charge is 2.17. The van der Waals surface area contributed by atoms with Gasteiger partial charge in [-0.05, 0) is 18.9 Å². The van der Waals surface area contributed by atoms with E-state index in [9.17, 15) is 9.59 Å². The Bertz CT molecular complexity index is 757. The summed E-state index contributed by atoms with van der Waals surface area (Å²) >= 11 is 2.52. The van der Waals surface area contributed by atoms with E-state index in [0.29, 0.717) is 38.0 Å². The van der Waals surface area contributed by atoms with Crippen LogP contribution in [0.25, 0.3) is 10.2 Å². The third kappa shape index (κ3) is 2.84. The molecular weight excluding hydrogens is 296 g/mol. The molecule has 0 aliphatic heterocycles. The van der Waals surface area contributed by atoms with E-state index in [1.807, 2.05) is 0 Å². The van der Waals surface area contributed by atoms with E-state index < -0.39 is 5.91 Å². The topological polar surface area (TPSA) is 113 Å². The maximum Gasteiger partial charge on any atom is 0.260 e. The molecule has 0 saturated heterocycles. The van der Waals surface area contributed by atoms with Crippen LogP contribution in [0.1, 0.15) is 28.1 Å². The Morgan fingerprint density at radius 3 is 3.00 bits per heavy atom. The van der Waals surface area contributed by atoms with E-state index >= 15 is 0 Å². The van der Waals surface area contributed by atoms with Crippen LogP contribution in [0.5, 0.6) is 0 Å². The molecule has 2 aromatic heterocycles. The van der Waals surface area contributed by atoms with Gasteiger partial charge in [0.15, 0.2) is 5.16 Å². The van der Waals surface area contributed by atoms with Crippen molar-refractivity contribution >= 4 is 39.2 Å². The largest absolute Gasteiger partial charge is 0.365 e. The van der Waals surface area contributed by atoms with Gasteiger partial charge in [-0.3, -0.25) is 9.59 Å². The molecule has 8 heteroatoms. The second-order valence-electron chi connectivity index (χ2n) is 4.08. The molecule has 104 valence electrons. The second-order valence-corrected chi connectivity index (χ2v) is 6.16. The number of aryl methyl sites for hydroxylation is 1. The molecule has 0 fully saturated rings. The number of aromatic amines is 1. The zero-order valence-corrected chi connectivity index (χ0v) is 12.4. The van der Waals surface area contributed by atoms with Gasteiger partial charge in [-0.15, -0.1) is 11.3 Å². The number of hydrogen-bond acceptors (Lipinski definition) is 6. The normalized spacial score (nSPS) is 10.6. The van der Waals surface area contributed by atoms with Gasteiger partial charge in [0, 0.05) is 12.2 Å². The Balaban J connectivity index is 2.35. The molecule has 20 heavy (non-hydrogen) atoms. The molecule has 0 aromatic carbocycles. The third-order valence-corrected chi connectivity index (χ3v) is 4.83. The first-order valence-corrected chi connectivity index (χ1v) is 7.67. The number of H-pyrrole nitrogens is 1. The van der Waals surface area contributed by atoms with Crippen LogP contribution in [0.3, 0.4) is 0 Å². The first-order chi connectivity index (χ1) is 9.54. The number of unbranched alkanes of at least 4 members (excludes halogenated alkanes) is 1. The molecule has 0 aliphatic carbocycles. The minimum atomic E-state index is -0.548. The summed E-state index contributed by atoms with van der Waals surface area (Å²) in [6.07, 6.45) is 1.21. The average molecular weight is 308 g/mol. The number of carbonyl (C=O) groups is 1. The number of aromatic nitrogens is 2. The van der Waals surface area contributed by atoms with Crippen molar-refractivity contribution in [3.8, 4) is 6.07 Å². The Hall–Kier alpha value is -1.85.